The number of aliphatic carboxylic acids is 1. The number of nitrogens with zero attached hydrogens (tertiary/aromatic N) is 2. The van der Waals surface area contributed by atoms with E-state index in [0.29, 0.717) is 21.4 Å². The first-order valence-corrected chi connectivity index (χ1v) is 4.86. The summed E-state index contributed by atoms with van der Waals surface area (Å²) in [5.41, 5.74) is 1.06. The molecule has 0 unspecified atom stereocenters. The van der Waals surface area contributed by atoms with E-state index in [1.807, 2.05) is 0 Å². The summed E-state index contributed by atoms with van der Waals surface area (Å²) in [7, 11) is 0. The Balaban J connectivity index is 2.51. The van der Waals surface area contributed by atoms with Gasteiger partial charge >= 0.3 is 5.97 Å². The van der Waals surface area contributed by atoms with Crippen molar-refractivity contribution in [3.05, 3.63) is 34.2 Å². The van der Waals surface area contributed by atoms with Gasteiger partial charge in [0.2, 0.25) is 0 Å². The molecule has 0 bridgehead atoms. The van der Waals surface area contributed by atoms with E-state index in [1.54, 1.807) is 22.9 Å². The number of carboxylic acids is 1. The van der Waals surface area contributed by atoms with Crippen LogP contribution < -0.4 is 0 Å². The molecule has 6 heteroatoms. The summed E-state index contributed by atoms with van der Waals surface area (Å²) in [4.78, 5) is 14.6. The first kappa shape index (κ1) is 10.3. The second-order valence-electron chi connectivity index (χ2n) is 3.04. The lowest BCUT2D eigenvalue weighted by atomic mass is 10.3. The van der Waals surface area contributed by atoms with Crippen LogP contribution in [0.2, 0.25) is 10.0 Å². The van der Waals surface area contributed by atoms with Gasteiger partial charge in [0.15, 0.2) is 0 Å². The SMILES string of the molecule is O=C(O)Cc1cn2cc(Cl)c(Cl)cc2n1. The fourth-order valence-corrected chi connectivity index (χ4v) is 1.58. The van der Waals surface area contributed by atoms with Crippen molar-refractivity contribution < 1.29 is 9.90 Å². The minimum Gasteiger partial charge on any atom is -0.481 e. The molecule has 0 fully saturated rings. The third-order valence-corrected chi connectivity index (χ3v) is 2.59. The maximum atomic E-state index is 10.5. The quantitative estimate of drug-likeness (QED) is 0.882. The predicted molar refractivity (Wildman–Crippen MR) is 56.6 cm³/mol. The van der Waals surface area contributed by atoms with E-state index in [9.17, 15) is 4.79 Å². The van der Waals surface area contributed by atoms with Crippen molar-refractivity contribution in [1.82, 2.24) is 9.38 Å². The zero-order valence-corrected chi connectivity index (χ0v) is 8.96. The van der Waals surface area contributed by atoms with Gasteiger partial charge in [-0.15, -0.1) is 0 Å². The van der Waals surface area contributed by atoms with Crippen molar-refractivity contribution in [2.24, 2.45) is 0 Å². The van der Waals surface area contributed by atoms with Crippen LogP contribution in [-0.2, 0) is 11.2 Å². The highest BCUT2D eigenvalue weighted by Gasteiger charge is 2.07. The van der Waals surface area contributed by atoms with Crippen LogP contribution in [0.4, 0.5) is 0 Å². The van der Waals surface area contributed by atoms with Gasteiger partial charge < -0.3 is 9.51 Å². The number of aromatic nitrogens is 2. The van der Waals surface area contributed by atoms with Crippen LogP contribution in [0.1, 0.15) is 5.69 Å². The number of hydrogen-bond acceptors (Lipinski definition) is 2. The van der Waals surface area contributed by atoms with E-state index in [-0.39, 0.29) is 6.42 Å². The number of carboxylic acid groups (broad SMARTS) is 1. The Labute approximate surface area is 95.1 Å². The van der Waals surface area contributed by atoms with E-state index in [4.69, 9.17) is 28.3 Å². The van der Waals surface area contributed by atoms with Crippen molar-refractivity contribution in [2.75, 3.05) is 0 Å². The van der Waals surface area contributed by atoms with Crippen molar-refractivity contribution in [3.8, 4) is 0 Å². The van der Waals surface area contributed by atoms with Gasteiger partial charge in [-0.3, -0.25) is 4.79 Å². The van der Waals surface area contributed by atoms with E-state index in [2.05, 4.69) is 4.98 Å². The molecule has 2 aromatic rings. The normalized spacial score (nSPS) is 10.8. The number of pyridine rings is 1. The molecule has 0 radical (unpaired) electrons. The molecule has 1 N–H and O–H groups in total. The Morgan fingerprint density at radius 3 is 2.80 bits per heavy atom. The van der Waals surface area contributed by atoms with Gasteiger partial charge in [-0.1, -0.05) is 23.2 Å². The highest BCUT2D eigenvalue weighted by Crippen LogP contribution is 2.23. The van der Waals surface area contributed by atoms with Crippen LogP contribution in [0.3, 0.4) is 0 Å². The number of rotatable bonds is 2. The molecule has 0 saturated heterocycles. The topological polar surface area (TPSA) is 54.6 Å². The molecule has 2 heterocycles. The molecule has 15 heavy (non-hydrogen) atoms. The van der Waals surface area contributed by atoms with Crippen LogP contribution in [-0.4, -0.2) is 20.5 Å². The van der Waals surface area contributed by atoms with Crippen molar-refractivity contribution in [2.45, 2.75) is 6.42 Å². The van der Waals surface area contributed by atoms with E-state index in [0.717, 1.165) is 0 Å². The molecule has 0 aliphatic carbocycles. The minimum atomic E-state index is -0.921. The fraction of sp³-hybridized carbons (Fsp3) is 0.111. The molecule has 0 aromatic carbocycles. The molecule has 4 nitrogen and oxygen atoms in total. The molecule has 2 rings (SSSR count). The molecule has 0 spiro atoms. The van der Waals surface area contributed by atoms with E-state index >= 15 is 0 Å². The summed E-state index contributed by atoms with van der Waals surface area (Å²) in [6, 6.07) is 1.59. The Bertz CT molecular complexity index is 497. The molecule has 0 saturated carbocycles. The van der Waals surface area contributed by atoms with Crippen LogP contribution in [0.15, 0.2) is 18.5 Å². The van der Waals surface area contributed by atoms with Gasteiger partial charge in [0, 0.05) is 18.5 Å². The highest BCUT2D eigenvalue weighted by molar-refractivity contribution is 6.42. The maximum absolute atomic E-state index is 10.5. The molecule has 0 atom stereocenters. The summed E-state index contributed by atoms with van der Waals surface area (Å²) in [5, 5.41) is 9.41. The summed E-state index contributed by atoms with van der Waals surface area (Å²) >= 11 is 11.6. The molecule has 2 aromatic heterocycles. The average molecular weight is 245 g/mol. The molecular formula is C9H6Cl2N2O2. The number of hydrogen-bond donors (Lipinski definition) is 1. The summed E-state index contributed by atoms with van der Waals surface area (Å²) < 4.78 is 1.65. The Morgan fingerprint density at radius 1 is 1.40 bits per heavy atom. The Morgan fingerprint density at radius 2 is 2.13 bits per heavy atom. The third kappa shape index (κ3) is 2.06. The number of fused-ring (bicyclic) bond motifs is 1. The lowest BCUT2D eigenvalue weighted by Gasteiger charge is -1.95. The zero-order valence-electron chi connectivity index (χ0n) is 7.44. The molecule has 78 valence electrons. The summed E-state index contributed by atoms with van der Waals surface area (Å²) in [5.74, 6) is -0.921. The van der Waals surface area contributed by atoms with Gasteiger partial charge in [0.05, 0.1) is 22.2 Å². The molecule has 0 amide bonds. The van der Waals surface area contributed by atoms with E-state index < -0.39 is 5.97 Å². The zero-order chi connectivity index (χ0) is 11.0. The average Bonchev–Trinajstić information content (AvgIpc) is 2.46. The standard InChI is InChI=1S/C9H6Cl2N2O2/c10-6-2-8-12-5(1-9(14)15)3-13(8)4-7(6)11/h2-4H,1H2,(H,14,15). The Hall–Kier alpha value is -1.26. The second kappa shape index (κ2) is 3.72. The molecule has 0 aliphatic heterocycles. The van der Waals surface area contributed by atoms with Crippen LogP contribution in [0, 0.1) is 0 Å². The van der Waals surface area contributed by atoms with Gasteiger partial charge in [0.25, 0.3) is 0 Å². The maximum Gasteiger partial charge on any atom is 0.309 e. The van der Waals surface area contributed by atoms with Crippen molar-refractivity contribution in [1.29, 1.82) is 0 Å². The third-order valence-electron chi connectivity index (χ3n) is 1.88. The smallest absolute Gasteiger partial charge is 0.309 e. The molecular weight excluding hydrogens is 239 g/mol. The molecule has 0 aliphatic rings. The fourth-order valence-electron chi connectivity index (χ4n) is 1.28. The first-order valence-electron chi connectivity index (χ1n) is 4.10. The number of halogens is 2. The van der Waals surface area contributed by atoms with E-state index in [1.165, 1.54) is 0 Å². The van der Waals surface area contributed by atoms with Gasteiger partial charge in [-0.2, -0.15) is 0 Å². The summed E-state index contributed by atoms with van der Waals surface area (Å²) in [6.45, 7) is 0. The van der Waals surface area contributed by atoms with Crippen LogP contribution >= 0.6 is 23.2 Å². The lowest BCUT2D eigenvalue weighted by molar-refractivity contribution is -0.136. The minimum absolute atomic E-state index is 0.114. The van der Waals surface area contributed by atoms with Crippen LogP contribution in [0.25, 0.3) is 5.65 Å². The Kier molecular flexibility index (Phi) is 2.54. The van der Waals surface area contributed by atoms with Gasteiger partial charge in [-0.25, -0.2) is 4.98 Å². The monoisotopic (exact) mass is 244 g/mol. The van der Waals surface area contributed by atoms with Gasteiger partial charge in [-0.05, 0) is 0 Å². The van der Waals surface area contributed by atoms with Gasteiger partial charge in [0.1, 0.15) is 5.65 Å². The second-order valence-corrected chi connectivity index (χ2v) is 3.85. The highest BCUT2D eigenvalue weighted by atomic mass is 35.5. The lowest BCUT2D eigenvalue weighted by Crippen LogP contribution is -1.99. The number of carbonyl (C=O) groups is 1. The van der Waals surface area contributed by atoms with Crippen molar-refractivity contribution in [3.63, 3.8) is 0 Å². The summed E-state index contributed by atoms with van der Waals surface area (Å²) in [6.07, 6.45) is 3.10. The first-order chi connectivity index (χ1) is 7.06. The predicted octanol–water partition coefficient (Wildman–Crippen LogP) is 2.27. The largest absolute Gasteiger partial charge is 0.481 e. The van der Waals surface area contributed by atoms with Crippen LogP contribution in [0.5, 0.6) is 0 Å². The van der Waals surface area contributed by atoms with Crippen molar-refractivity contribution >= 4 is 34.8 Å². The number of imidazole rings is 1.